The molecule has 12 heavy (non-hydrogen) atoms. The largest absolute Gasteiger partial charge is 0.634 e. The van der Waals surface area contributed by atoms with Crippen molar-refractivity contribution in [1.29, 1.82) is 0 Å². The fraction of sp³-hybridized carbons (Fsp3) is 1.00. The van der Waals surface area contributed by atoms with Crippen molar-refractivity contribution in [3.8, 4) is 0 Å². The number of hydrogen-bond acceptors (Lipinski definition) is 2. The van der Waals surface area contributed by atoms with Crippen molar-refractivity contribution in [2.45, 2.75) is 31.7 Å². The van der Waals surface area contributed by atoms with Crippen LogP contribution in [0.1, 0.15) is 25.7 Å². The van der Waals surface area contributed by atoms with Crippen molar-refractivity contribution in [2.75, 3.05) is 26.2 Å². The van der Waals surface area contributed by atoms with E-state index in [1.165, 1.54) is 25.9 Å². The van der Waals surface area contributed by atoms with Gasteiger partial charge < -0.3 is 10.3 Å². The second-order valence-corrected chi connectivity index (χ2v) is 4.06. The average Bonchev–Trinajstić information content (AvgIpc) is 2.65. The molecule has 2 fully saturated rings. The minimum absolute atomic E-state index is 0.392. The normalized spacial score (nSPS) is 37.8. The topological polar surface area (TPSA) is 30.7 Å². The standard InChI is InChI=1S/C9H18N2O/c12-11-7-3-4-9(11)8-10-5-1-2-6-10/h9,11H,1-8H2. The van der Waals surface area contributed by atoms with Gasteiger partial charge in [0.1, 0.15) is 6.04 Å². The van der Waals surface area contributed by atoms with Crippen LogP contribution in [0.3, 0.4) is 0 Å². The molecule has 2 heterocycles. The summed E-state index contributed by atoms with van der Waals surface area (Å²) < 4.78 is 0. The first-order valence-corrected chi connectivity index (χ1v) is 5.11. The molecule has 70 valence electrons. The smallest absolute Gasteiger partial charge is 0.100 e. The van der Waals surface area contributed by atoms with Crippen LogP contribution in [0.4, 0.5) is 0 Å². The van der Waals surface area contributed by atoms with Gasteiger partial charge in [0.2, 0.25) is 0 Å². The highest BCUT2D eigenvalue weighted by Crippen LogP contribution is 2.09. The summed E-state index contributed by atoms with van der Waals surface area (Å²) >= 11 is 0. The SMILES string of the molecule is [O-][NH+]1CCCC1CN1CCCC1. The van der Waals surface area contributed by atoms with Crippen LogP contribution in [-0.4, -0.2) is 37.1 Å². The molecule has 0 aromatic rings. The summed E-state index contributed by atoms with van der Waals surface area (Å²) in [7, 11) is 0. The molecule has 0 aromatic heterocycles. The summed E-state index contributed by atoms with van der Waals surface area (Å²) in [6.07, 6.45) is 4.95. The summed E-state index contributed by atoms with van der Waals surface area (Å²) in [6.45, 7) is 4.35. The Morgan fingerprint density at radius 3 is 2.58 bits per heavy atom. The van der Waals surface area contributed by atoms with E-state index >= 15 is 0 Å². The minimum Gasteiger partial charge on any atom is -0.634 e. The van der Waals surface area contributed by atoms with Crippen molar-refractivity contribution in [3.63, 3.8) is 0 Å². The Hall–Kier alpha value is -0.120. The van der Waals surface area contributed by atoms with Gasteiger partial charge in [-0.05, 0) is 25.9 Å². The third-order valence-corrected chi connectivity index (χ3v) is 3.11. The lowest BCUT2D eigenvalue weighted by Gasteiger charge is -2.27. The van der Waals surface area contributed by atoms with Gasteiger partial charge in [0.05, 0.1) is 13.1 Å². The lowest BCUT2D eigenvalue weighted by molar-refractivity contribution is -0.860. The molecule has 3 heteroatoms. The van der Waals surface area contributed by atoms with Crippen LogP contribution in [0.5, 0.6) is 0 Å². The minimum atomic E-state index is 0.392. The predicted molar refractivity (Wildman–Crippen MR) is 47.9 cm³/mol. The fourth-order valence-electron chi connectivity index (χ4n) is 2.36. The second-order valence-electron chi connectivity index (χ2n) is 4.06. The zero-order valence-electron chi connectivity index (χ0n) is 7.59. The first-order valence-electron chi connectivity index (χ1n) is 5.11. The van der Waals surface area contributed by atoms with Crippen molar-refractivity contribution < 1.29 is 5.06 Å². The molecule has 0 saturated carbocycles. The molecule has 2 saturated heterocycles. The van der Waals surface area contributed by atoms with Crippen LogP contribution in [0.2, 0.25) is 0 Å². The van der Waals surface area contributed by atoms with Crippen molar-refractivity contribution in [2.24, 2.45) is 0 Å². The van der Waals surface area contributed by atoms with Gasteiger partial charge in [-0.1, -0.05) is 0 Å². The third kappa shape index (κ3) is 1.79. The highest BCUT2D eigenvalue weighted by molar-refractivity contribution is 4.72. The Labute approximate surface area is 73.9 Å². The van der Waals surface area contributed by atoms with Crippen molar-refractivity contribution in [1.82, 2.24) is 4.90 Å². The highest BCUT2D eigenvalue weighted by Gasteiger charge is 2.25. The van der Waals surface area contributed by atoms with E-state index in [9.17, 15) is 5.21 Å². The zero-order chi connectivity index (χ0) is 8.39. The molecule has 1 N–H and O–H groups in total. The molecule has 0 spiro atoms. The number of nitrogens with zero attached hydrogens (tertiary/aromatic N) is 1. The highest BCUT2D eigenvalue weighted by atomic mass is 16.5. The number of likely N-dealkylation sites (tertiary alicyclic amines) is 1. The van der Waals surface area contributed by atoms with E-state index in [-0.39, 0.29) is 0 Å². The molecular weight excluding hydrogens is 152 g/mol. The fourth-order valence-corrected chi connectivity index (χ4v) is 2.36. The molecule has 2 unspecified atom stereocenters. The first-order chi connectivity index (χ1) is 5.86. The van der Waals surface area contributed by atoms with E-state index in [1.54, 1.807) is 0 Å². The summed E-state index contributed by atoms with van der Waals surface area (Å²) in [5.41, 5.74) is 0. The maximum atomic E-state index is 11.3. The van der Waals surface area contributed by atoms with Gasteiger partial charge in [-0.25, -0.2) is 0 Å². The lowest BCUT2D eigenvalue weighted by atomic mass is 10.2. The molecule has 0 radical (unpaired) electrons. The molecular formula is C9H18N2O. The summed E-state index contributed by atoms with van der Waals surface area (Å²) in [5, 5.41) is 11.9. The molecule has 2 aliphatic rings. The Morgan fingerprint density at radius 1 is 1.25 bits per heavy atom. The zero-order valence-corrected chi connectivity index (χ0v) is 7.59. The van der Waals surface area contributed by atoms with E-state index in [2.05, 4.69) is 4.90 Å². The molecule has 0 aliphatic carbocycles. The monoisotopic (exact) mass is 170 g/mol. The Kier molecular flexibility index (Phi) is 2.63. The first kappa shape index (κ1) is 8.48. The molecule has 0 amide bonds. The average molecular weight is 170 g/mol. The molecule has 2 aliphatic heterocycles. The van der Waals surface area contributed by atoms with E-state index in [0.29, 0.717) is 11.1 Å². The Balaban J connectivity index is 1.77. The van der Waals surface area contributed by atoms with E-state index < -0.39 is 0 Å². The Morgan fingerprint density at radius 2 is 2.00 bits per heavy atom. The van der Waals surface area contributed by atoms with Crippen molar-refractivity contribution in [3.05, 3.63) is 5.21 Å². The third-order valence-electron chi connectivity index (χ3n) is 3.11. The van der Waals surface area contributed by atoms with Gasteiger partial charge in [0.15, 0.2) is 0 Å². The van der Waals surface area contributed by atoms with Crippen molar-refractivity contribution >= 4 is 0 Å². The molecule has 3 nitrogen and oxygen atoms in total. The molecule has 0 aromatic carbocycles. The molecule has 2 atom stereocenters. The summed E-state index contributed by atoms with van der Waals surface area (Å²) in [4.78, 5) is 2.45. The van der Waals surface area contributed by atoms with E-state index in [1.807, 2.05) is 0 Å². The van der Waals surface area contributed by atoms with Gasteiger partial charge in [0, 0.05) is 12.8 Å². The summed E-state index contributed by atoms with van der Waals surface area (Å²) in [6, 6.07) is 0.392. The van der Waals surface area contributed by atoms with Crippen LogP contribution in [0.25, 0.3) is 0 Å². The van der Waals surface area contributed by atoms with E-state index in [0.717, 1.165) is 25.9 Å². The Bertz CT molecular complexity index is 145. The number of hydrogen-bond donors (Lipinski definition) is 1. The lowest BCUT2D eigenvalue weighted by Crippen LogP contribution is -3.09. The quantitative estimate of drug-likeness (QED) is 0.573. The molecule has 0 bridgehead atoms. The van der Waals surface area contributed by atoms with Crippen LogP contribution in [0.15, 0.2) is 0 Å². The van der Waals surface area contributed by atoms with Gasteiger partial charge in [-0.3, -0.25) is 4.90 Å². The van der Waals surface area contributed by atoms with Crippen LogP contribution >= 0.6 is 0 Å². The maximum absolute atomic E-state index is 11.3. The van der Waals surface area contributed by atoms with Gasteiger partial charge in [0.25, 0.3) is 0 Å². The van der Waals surface area contributed by atoms with Crippen LogP contribution < -0.4 is 5.06 Å². The van der Waals surface area contributed by atoms with Gasteiger partial charge in [-0.15, -0.1) is 0 Å². The number of quaternary nitrogens is 1. The van der Waals surface area contributed by atoms with Gasteiger partial charge in [-0.2, -0.15) is 0 Å². The molecule has 2 rings (SSSR count). The maximum Gasteiger partial charge on any atom is 0.100 e. The summed E-state index contributed by atoms with van der Waals surface area (Å²) in [5.74, 6) is 0. The predicted octanol–water partition coefficient (Wildman–Crippen LogP) is -0.373. The van der Waals surface area contributed by atoms with Crippen LogP contribution in [-0.2, 0) is 0 Å². The number of hydroxylamine groups is 2. The number of rotatable bonds is 2. The van der Waals surface area contributed by atoms with Gasteiger partial charge >= 0.3 is 0 Å². The second kappa shape index (κ2) is 3.73. The van der Waals surface area contributed by atoms with E-state index in [4.69, 9.17) is 0 Å². The van der Waals surface area contributed by atoms with Crippen LogP contribution in [0, 0.1) is 5.21 Å². The number of nitrogens with one attached hydrogen (secondary N) is 1.